The zero-order valence-electron chi connectivity index (χ0n) is 12.6. The van der Waals surface area contributed by atoms with Crippen LogP contribution >= 0.6 is 22.6 Å². The summed E-state index contributed by atoms with van der Waals surface area (Å²) in [5.41, 5.74) is 5.00. The summed E-state index contributed by atoms with van der Waals surface area (Å²) in [5, 5.41) is 8.15. The van der Waals surface area contributed by atoms with E-state index in [0.717, 1.165) is 18.8 Å². The summed E-state index contributed by atoms with van der Waals surface area (Å²) in [6, 6.07) is 9.12. The molecule has 1 heterocycles. The molecule has 0 aliphatic heterocycles. The van der Waals surface area contributed by atoms with Crippen molar-refractivity contribution in [1.29, 1.82) is 0 Å². The molecule has 2 aromatic rings. The highest BCUT2D eigenvalue weighted by molar-refractivity contribution is 14.1. The molecule has 0 aliphatic rings. The molecule has 0 bridgehead atoms. The number of nitrogens with zero attached hydrogens (tertiary/aromatic N) is 2. The molecule has 0 radical (unpaired) electrons. The zero-order valence-corrected chi connectivity index (χ0v) is 14.7. The zero-order chi connectivity index (χ0) is 14.7. The predicted molar refractivity (Wildman–Crippen MR) is 91.9 cm³/mol. The Morgan fingerprint density at radius 3 is 2.45 bits per heavy atom. The molecule has 2 rings (SSSR count). The molecule has 0 atom stereocenters. The van der Waals surface area contributed by atoms with Gasteiger partial charge in [-0.25, -0.2) is 0 Å². The van der Waals surface area contributed by atoms with E-state index >= 15 is 0 Å². The Balaban J connectivity index is 2.16. The number of aryl methyl sites for hydroxylation is 1. The maximum atomic E-state index is 4.68. The maximum Gasteiger partial charge on any atom is 0.0662 e. The lowest BCUT2D eigenvalue weighted by atomic mass is 10.2. The minimum Gasteiger partial charge on any atom is -0.310 e. The summed E-state index contributed by atoms with van der Waals surface area (Å²) in [6.07, 6.45) is 0. The molecule has 0 fully saturated rings. The maximum absolute atomic E-state index is 4.68. The van der Waals surface area contributed by atoms with Crippen LogP contribution in [0.3, 0.4) is 0 Å². The van der Waals surface area contributed by atoms with E-state index in [9.17, 15) is 0 Å². The van der Waals surface area contributed by atoms with E-state index in [2.05, 4.69) is 89.6 Å². The molecule has 4 heteroatoms. The molecule has 3 nitrogen and oxygen atoms in total. The minimum atomic E-state index is 0.494. The van der Waals surface area contributed by atoms with Gasteiger partial charge in [0.15, 0.2) is 0 Å². The van der Waals surface area contributed by atoms with Crippen molar-refractivity contribution in [3.8, 4) is 0 Å². The summed E-state index contributed by atoms with van der Waals surface area (Å²) in [4.78, 5) is 0. The standard InChI is InChI=1S/C16H22IN3/c1-11(2)18-9-16-12(3)19-20(13(16)4)10-14-5-7-15(17)8-6-14/h5-8,11,18H,9-10H2,1-4H3. The normalized spacial score (nSPS) is 11.3. The van der Waals surface area contributed by atoms with Crippen molar-refractivity contribution in [1.82, 2.24) is 15.1 Å². The van der Waals surface area contributed by atoms with E-state index in [4.69, 9.17) is 0 Å². The SMILES string of the molecule is Cc1nn(Cc2ccc(I)cc2)c(C)c1CNC(C)C. The number of hydrogen-bond acceptors (Lipinski definition) is 2. The van der Waals surface area contributed by atoms with E-state index in [1.165, 1.54) is 20.4 Å². The second kappa shape index (κ2) is 6.72. The Morgan fingerprint density at radius 2 is 1.85 bits per heavy atom. The first-order chi connectivity index (χ1) is 9.47. The minimum absolute atomic E-state index is 0.494. The summed E-state index contributed by atoms with van der Waals surface area (Å²) in [7, 11) is 0. The van der Waals surface area contributed by atoms with Crippen molar-refractivity contribution in [3.05, 3.63) is 50.4 Å². The number of aromatic nitrogens is 2. The van der Waals surface area contributed by atoms with E-state index in [1.807, 2.05) is 0 Å². The van der Waals surface area contributed by atoms with Crippen molar-refractivity contribution < 1.29 is 0 Å². The molecule has 0 amide bonds. The van der Waals surface area contributed by atoms with Crippen LogP contribution in [0.5, 0.6) is 0 Å². The third-order valence-electron chi connectivity index (χ3n) is 3.46. The Hall–Kier alpha value is -0.880. The van der Waals surface area contributed by atoms with Crippen LogP contribution < -0.4 is 5.32 Å². The van der Waals surface area contributed by atoms with Crippen LogP contribution in [0.2, 0.25) is 0 Å². The lowest BCUT2D eigenvalue weighted by Gasteiger charge is -2.09. The van der Waals surface area contributed by atoms with Gasteiger partial charge in [-0.1, -0.05) is 26.0 Å². The molecule has 0 spiro atoms. The first-order valence-corrected chi connectivity index (χ1v) is 8.06. The van der Waals surface area contributed by atoms with Gasteiger partial charge in [-0.05, 0) is 54.1 Å². The van der Waals surface area contributed by atoms with Gasteiger partial charge in [-0.3, -0.25) is 4.68 Å². The van der Waals surface area contributed by atoms with Crippen LogP contribution in [-0.2, 0) is 13.1 Å². The number of hydrogen-bond donors (Lipinski definition) is 1. The molecular formula is C16H22IN3. The molecule has 108 valence electrons. The second-order valence-corrected chi connectivity index (χ2v) is 6.71. The third-order valence-corrected chi connectivity index (χ3v) is 4.18. The van der Waals surface area contributed by atoms with Gasteiger partial charge in [0, 0.05) is 27.4 Å². The van der Waals surface area contributed by atoms with Gasteiger partial charge in [0.05, 0.1) is 12.2 Å². The van der Waals surface area contributed by atoms with Crippen LogP contribution in [-0.4, -0.2) is 15.8 Å². The van der Waals surface area contributed by atoms with Crippen molar-refractivity contribution in [2.45, 2.75) is 46.8 Å². The first kappa shape index (κ1) is 15.5. The van der Waals surface area contributed by atoms with Gasteiger partial charge in [0.2, 0.25) is 0 Å². The topological polar surface area (TPSA) is 29.9 Å². The number of benzene rings is 1. The van der Waals surface area contributed by atoms with Crippen molar-refractivity contribution in [2.24, 2.45) is 0 Å². The molecule has 1 N–H and O–H groups in total. The lowest BCUT2D eigenvalue weighted by molar-refractivity contribution is 0.584. The fourth-order valence-electron chi connectivity index (χ4n) is 2.21. The number of rotatable bonds is 5. The van der Waals surface area contributed by atoms with Crippen molar-refractivity contribution >= 4 is 22.6 Å². The molecule has 0 saturated heterocycles. The van der Waals surface area contributed by atoms with Gasteiger partial charge in [0.1, 0.15) is 0 Å². The summed E-state index contributed by atoms with van der Waals surface area (Å²) in [5.74, 6) is 0. The molecule has 0 unspecified atom stereocenters. The van der Waals surface area contributed by atoms with Crippen molar-refractivity contribution in [2.75, 3.05) is 0 Å². The summed E-state index contributed by atoms with van der Waals surface area (Å²) < 4.78 is 3.37. The van der Waals surface area contributed by atoms with Crippen LogP contribution in [0.25, 0.3) is 0 Å². The Labute approximate surface area is 134 Å². The molecule has 1 aromatic carbocycles. The van der Waals surface area contributed by atoms with Crippen LogP contribution in [0.15, 0.2) is 24.3 Å². The molecular weight excluding hydrogens is 361 g/mol. The first-order valence-electron chi connectivity index (χ1n) is 6.98. The fourth-order valence-corrected chi connectivity index (χ4v) is 2.57. The Kier molecular flexibility index (Phi) is 5.21. The molecule has 0 aliphatic carbocycles. The highest BCUT2D eigenvalue weighted by atomic mass is 127. The van der Waals surface area contributed by atoms with Gasteiger partial charge in [-0.15, -0.1) is 0 Å². The number of nitrogens with one attached hydrogen (secondary N) is 1. The average Bonchev–Trinajstić information content (AvgIpc) is 2.65. The highest BCUT2D eigenvalue weighted by Crippen LogP contribution is 2.15. The van der Waals surface area contributed by atoms with Crippen LogP contribution in [0, 0.1) is 17.4 Å². The van der Waals surface area contributed by atoms with E-state index in [-0.39, 0.29) is 0 Å². The molecule has 0 saturated carbocycles. The Morgan fingerprint density at radius 1 is 1.20 bits per heavy atom. The van der Waals surface area contributed by atoms with E-state index in [1.54, 1.807) is 0 Å². The van der Waals surface area contributed by atoms with Gasteiger partial charge in [0.25, 0.3) is 0 Å². The smallest absolute Gasteiger partial charge is 0.0662 e. The van der Waals surface area contributed by atoms with E-state index in [0.29, 0.717) is 6.04 Å². The highest BCUT2D eigenvalue weighted by Gasteiger charge is 2.11. The van der Waals surface area contributed by atoms with Gasteiger partial charge in [-0.2, -0.15) is 5.10 Å². The largest absolute Gasteiger partial charge is 0.310 e. The molecule has 1 aromatic heterocycles. The fraction of sp³-hybridized carbons (Fsp3) is 0.438. The lowest BCUT2D eigenvalue weighted by Crippen LogP contribution is -2.22. The molecule has 20 heavy (non-hydrogen) atoms. The van der Waals surface area contributed by atoms with Gasteiger partial charge >= 0.3 is 0 Å². The Bertz CT molecular complexity index is 570. The monoisotopic (exact) mass is 383 g/mol. The van der Waals surface area contributed by atoms with Crippen LogP contribution in [0.4, 0.5) is 0 Å². The average molecular weight is 383 g/mol. The van der Waals surface area contributed by atoms with Crippen molar-refractivity contribution in [3.63, 3.8) is 0 Å². The van der Waals surface area contributed by atoms with Crippen LogP contribution in [0.1, 0.15) is 36.4 Å². The van der Waals surface area contributed by atoms with E-state index < -0.39 is 0 Å². The third kappa shape index (κ3) is 3.82. The second-order valence-electron chi connectivity index (χ2n) is 5.47. The van der Waals surface area contributed by atoms with Gasteiger partial charge < -0.3 is 5.32 Å². The number of halogens is 1. The summed E-state index contributed by atoms with van der Waals surface area (Å²) in [6.45, 7) is 10.3. The predicted octanol–water partition coefficient (Wildman–Crippen LogP) is 3.65. The summed E-state index contributed by atoms with van der Waals surface area (Å²) >= 11 is 2.33. The quantitative estimate of drug-likeness (QED) is 0.799.